The monoisotopic (exact) mass is 384 g/mol. The van der Waals surface area contributed by atoms with Gasteiger partial charge < -0.3 is 29.0 Å². The Labute approximate surface area is 161 Å². The maximum atomic E-state index is 11.3. The largest absolute Gasteiger partial charge is 0.465 e. The van der Waals surface area contributed by atoms with Crippen LogP contribution in [-0.2, 0) is 0 Å². The third-order valence-electron chi connectivity index (χ3n) is 5.37. The number of piperazine rings is 1. The smallest absolute Gasteiger partial charge is 0.407 e. The van der Waals surface area contributed by atoms with Gasteiger partial charge >= 0.3 is 6.09 Å². The highest BCUT2D eigenvalue weighted by Crippen LogP contribution is 2.41. The standard InChI is InChI=1S/C20H20N2O6/c23-20(24)22-7-5-21(6-8-22)19(13-1-3-15-17(9-13)27-11-25-15)14-2-4-16-18(10-14)28-12-26-16/h1-4,9-10,19H,5-8,11-12H2,(H,23,24). The van der Waals surface area contributed by atoms with Crippen LogP contribution in [0.3, 0.4) is 0 Å². The first kappa shape index (κ1) is 17.0. The summed E-state index contributed by atoms with van der Waals surface area (Å²) in [7, 11) is 0. The number of rotatable bonds is 3. The lowest BCUT2D eigenvalue weighted by Crippen LogP contribution is -2.49. The summed E-state index contributed by atoms with van der Waals surface area (Å²) in [6, 6.07) is 11.9. The molecule has 1 amide bonds. The van der Waals surface area contributed by atoms with Gasteiger partial charge in [0.15, 0.2) is 23.0 Å². The fourth-order valence-electron chi connectivity index (χ4n) is 3.95. The fourth-order valence-corrected chi connectivity index (χ4v) is 3.95. The van der Waals surface area contributed by atoms with Crippen molar-refractivity contribution >= 4 is 6.09 Å². The normalized spacial score (nSPS) is 18.0. The molecule has 3 aliphatic heterocycles. The van der Waals surface area contributed by atoms with Crippen LogP contribution in [0.1, 0.15) is 17.2 Å². The van der Waals surface area contributed by atoms with E-state index in [9.17, 15) is 9.90 Å². The molecule has 0 aromatic heterocycles. The van der Waals surface area contributed by atoms with Crippen molar-refractivity contribution in [2.75, 3.05) is 39.8 Å². The maximum Gasteiger partial charge on any atom is 0.407 e. The van der Waals surface area contributed by atoms with Crippen LogP contribution in [0.15, 0.2) is 36.4 Å². The molecule has 2 aromatic carbocycles. The molecule has 0 aliphatic carbocycles. The molecule has 8 nitrogen and oxygen atoms in total. The number of hydrogen-bond donors (Lipinski definition) is 1. The summed E-state index contributed by atoms with van der Waals surface area (Å²) < 4.78 is 22.0. The molecule has 0 radical (unpaired) electrons. The van der Waals surface area contributed by atoms with Gasteiger partial charge in [0.25, 0.3) is 0 Å². The Morgan fingerprint density at radius 3 is 1.79 bits per heavy atom. The molecule has 0 saturated carbocycles. The van der Waals surface area contributed by atoms with E-state index < -0.39 is 6.09 Å². The lowest BCUT2D eigenvalue weighted by molar-refractivity contribution is 0.0931. The topological polar surface area (TPSA) is 80.7 Å². The van der Waals surface area contributed by atoms with Crippen LogP contribution >= 0.6 is 0 Å². The first-order valence-electron chi connectivity index (χ1n) is 9.20. The van der Waals surface area contributed by atoms with Crippen molar-refractivity contribution in [2.24, 2.45) is 0 Å². The number of nitrogens with zero attached hydrogens (tertiary/aromatic N) is 2. The molecule has 0 unspecified atom stereocenters. The summed E-state index contributed by atoms with van der Waals surface area (Å²) in [5.41, 5.74) is 2.12. The van der Waals surface area contributed by atoms with E-state index in [0.29, 0.717) is 26.2 Å². The van der Waals surface area contributed by atoms with E-state index in [1.807, 2.05) is 36.4 Å². The predicted octanol–water partition coefficient (Wildman–Crippen LogP) is 2.53. The highest BCUT2D eigenvalue weighted by molar-refractivity contribution is 5.65. The zero-order valence-electron chi connectivity index (χ0n) is 15.2. The molecule has 1 saturated heterocycles. The highest BCUT2D eigenvalue weighted by atomic mass is 16.7. The maximum absolute atomic E-state index is 11.3. The van der Waals surface area contributed by atoms with Crippen LogP contribution < -0.4 is 18.9 Å². The van der Waals surface area contributed by atoms with E-state index in [4.69, 9.17) is 18.9 Å². The van der Waals surface area contributed by atoms with Crippen molar-refractivity contribution in [2.45, 2.75) is 6.04 Å². The van der Waals surface area contributed by atoms with Crippen LogP contribution in [0, 0.1) is 0 Å². The number of amides is 1. The molecule has 146 valence electrons. The minimum absolute atomic E-state index is 0.0556. The zero-order valence-corrected chi connectivity index (χ0v) is 15.2. The average Bonchev–Trinajstić information content (AvgIpc) is 3.37. The van der Waals surface area contributed by atoms with Crippen molar-refractivity contribution in [1.82, 2.24) is 9.80 Å². The van der Waals surface area contributed by atoms with Crippen LogP contribution in [0.2, 0.25) is 0 Å². The van der Waals surface area contributed by atoms with Crippen molar-refractivity contribution in [3.8, 4) is 23.0 Å². The molecule has 8 heteroatoms. The molecule has 2 aromatic rings. The number of fused-ring (bicyclic) bond motifs is 2. The molecular formula is C20H20N2O6. The minimum atomic E-state index is -0.873. The highest BCUT2D eigenvalue weighted by Gasteiger charge is 2.30. The first-order chi connectivity index (χ1) is 13.7. The molecule has 0 atom stereocenters. The third-order valence-corrected chi connectivity index (χ3v) is 5.37. The van der Waals surface area contributed by atoms with Crippen molar-refractivity contribution in [3.63, 3.8) is 0 Å². The number of carboxylic acid groups (broad SMARTS) is 1. The van der Waals surface area contributed by atoms with Crippen LogP contribution in [-0.4, -0.2) is 60.8 Å². The quantitative estimate of drug-likeness (QED) is 0.871. The first-order valence-corrected chi connectivity index (χ1v) is 9.20. The number of hydrogen-bond acceptors (Lipinski definition) is 6. The van der Waals surface area contributed by atoms with E-state index in [-0.39, 0.29) is 19.6 Å². The van der Waals surface area contributed by atoms with Gasteiger partial charge in [0.05, 0.1) is 6.04 Å². The average molecular weight is 384 g/mol. The van der Waals surface area contributed by atoms with Crippen LogP contribution in [0.4, 0.5) is 4.79 Å². The van der Waals surface area contributed by atoms with Crippen molar-refractivity contribution in [1.29, 1.82) is 0 Å². The Balaban J connectivity index is 1.50. The summed E-state index contributed by atoms with van der Waals surface area (Å²) in [6.45, 7) is 2.68. The van der Waals surface area contributed by atoms with Gasteiger partial charge in [0.2, 0.25) is 13.6 Å². The van der Waals surface area contributed by atoms with E-state index in [2.05, 4.69) is 4.90 Å². The predicted molar refractivity (Wildman–Crippen MR) is 98.1 cm³/mol. The molecule has 28 heavy (non-hydrogen) atoms. The zero-order chi connectivity index (χ0) is 19.1. The van der Waals surface area contributed by atoms with Gasteiger partial charge in [-0.05, 0) is 35.4 Å². The summed E-state index contributed by atoms with van der Waals surface area (Å²) in [5, 5.41) is 9.26. The van der Waals surface area contributed by atoms with Gasteiger partial charge in [0.1, 0.15) is 0 Å². The second-order valence-electron chi connectivity index (χ2n) is 6.93. The molecular weight excluding hydrogens is 364 g/mol. The van der Waals surface area contributed by atoms with Gasteiger partial charge in [-0.2, -0.15) is 0 Å². The number of carbonyl (C=O) groups is 1. The Morgan fingerprint density at radius 2 is 1.29 bits per heavy atom. The van der Waals surface area contributed by atoms with Gasteiger partial charge in [-0.15, -0.1) is 0 Å². The van der Waals surface area contributed by atoms with E-state index in [0.717, 1.165) is 34.1 Å². The summed E-state index contributed by atoms with van der Waals surface area (Å²) in [6.07, 6.45) is -0.873. The van der Waals surface area contributed by atoms with Gasteiger partial charge in [-0.25, -0.2) is 4.79 Å². The van der Waals surface area contributed by atoms with Gasteiger partial charge in [0, 0.05) is 26.2 Å². The lowest BCUT2D eigenvalue weighted by Gasteiger charge is -2.38. The lowest BCUT2D eigenvalue weighted by atomic mass is 9.95. The molecule has 1 N–H and O–H groups in total. The fraction of sp³-hybridized carbons (Fsp3) is 0.350. The Bertz CT molecular complexity index is 852. The number of ether oxygens (including phenoxy) is 4. The van der Waals surface area contributed by atoms with Crippen LogP contribution in [0.5, 0.6) is 23.0 Å². The minimum Gasteiger partial charge on any atom is -0.465 e. The molecule has 0 bridgehead atoms. The summed E-state index contributed by atoms with van der Waals surface area (Å²) in [5.74, 6) is 2.94. The van der Waals surface area contributed by atoms with Crippen molar-refractivity contribution < 1.29 is 28.8 Å². The van der Waals surface area contributed by atoms with Gasteiger partial charge in [-0.1, -0.05) is 12.1 Å². The second-order valence-corrected chi connectivity index (χ2v) is 6.93. The van der Waals surface area contributed by atoms with Crippen molar-refractivity contribution in [3.05, 3.63) is 47.5 Å². The SMILES string of the molecule is O=C(O)N1CCN(C(c2ccc3c(c2)OCO3)c2ccc3c(c2)OCO3)CC1. The Morgan fingerprint density at radius 1 is 0.786 bits per heavy atom. The molecule has 0 spiro atoms. The number of benzene rings is 2. The van der Waals surface area contributed by atoms with Gasteiger partial charge in [-0.3, -0.25) is 4.90 Å². The third kappa shape index (κ3) is 2.95. The van der Waals surface area contributed by atoms with Crippen LogP contribution in [0.25, 0.3) is 0 Å². The Hall–Kier alpha value is -3.13. The molecule has 1 fully saturated rings. The second kappa shape index (κ2) is 6.79. The summed E-state index contributed by atoms with van der Waals surface area (Å²) in [4.78, 5) is 15.0. The van der Waals surface area contributed by atoms with E-state index >= 15 is 0 Å². The summed E-state index contributed by atoms with van der Waals surface area (Å²) >= 11 is 0. The molecule has 5 rings (SSSR count). The van der Waals surface area contributed by atoms with E-state index in [1.54, 1.807) is 0 Å². The van der Waals surface area contributed by atoms with E-state index in [1.165, 1.54) is 4.90 Å². The molecule has 3 heterocycles. The molecule has 3 aliphatic rings. The Kier molecular flexibility index (Phi) is 4.12.